The van der Waals surface area contributed by atoms with E-state index in [0.29, 0.717) is 5.56 Å². The van der Waals surface area contributed by atoms with Gasteiger partial charge in [0.05, 0.1) is 7.11 Å². The average molecular weight is 283 g/mol. The number of methoxy groups -OCH3 is 1. The number of benzene rings is 1. The molecule has 1 aromatic carbocycles. The number of rotatable bonds is 4. The van der Waals surface area contributed by atoms with Gasteiger partial charge in [-0.1, -0.05) is 0 Å². The predicted octanol–water partition coefficient (Wildman–Crippen LogP) is 1.86. The molecule has 0 radical (unpaired) electrons. The van der Waals surface area contributed by atoms with Crippen molar-refractivity contribution in [1.82, 2.24) is 19.7 Å². The first kappa shape index (κ1) is 12.9. The minimum atomic E-state index is -0.271. The molecule has 2 N–H and O–H groups in total. The van der Waals surface area contributed by atoms with Gasteiger partial charge < -0.3 is 9.30 Å². The summed E-state index contributed by atoms with van der Waals surface area (Å²) in [6.45, 7) is 0. The van der Waals surface area contributed by atoms with Gasteiger partial charge >= 0.3 is 6.01 Å². The second kappa shape index (κ2) is 5.49. The third kappa shape index (κ3) is 2.76. The Labute approximate surface area is 120 Å². The van der Waals surface area contributed by atoms with Crippen molar-refractivity contribution in [2.45, 2.75) is 0 Å². The van der Waals surface area contributed by atoms with Crippen LogP contribution in [0.15, 0.2) is 48.8 Å². The summed E-state index contributed by atoms with van der Waals surface area (Å²) in [5, 5.41) is 8.93. The van der Waals surface area contributed by atoms with Crippen LogP contribution in [0.4, 0.5) is 5.95 Å². The third-order valence-electron chi connectivity index (χ3n) is 2.91. The molecule has 0 aliphatic carbocycles. The summed E-state index contributed by atoms with van der Waals surface area (Å²) >= 11 is 0. The van der Waals surface area contributed by atoms with Crippen LogP contribution in [0, 0.1) is 0 Å². The molecule has 3 aromatic rings. The largest absolute Gasteiger partial charge is 0.466 e. The molecule has 106 valence electrons. The van der Waals surface area contributed by atoms with Gasteiger partial charge in [-0.15, -0.1) is 5.10 Å². The highest BCUT2D eigenvalue weighted by Crippen LogP contribution is 2.12. The maximum absolute atomic E-state index is 12.1. The van der Waals surface area contributed by atoms with E-state index < -0.39 is 0 Å². The second-order valence-corrected chi connectivity index (χ2v) is 4.26. The van der Waals surface area contributed by atoms with E-state index in [9.17, 15) is 4.79 Å². The van der Waals surface area contributed by atoms with Gasteiger partial charge in [0.2, 0.25) is 5.95 Å². The van der Waals surface area contributed by atoms with Crippen LogP contribution in [-0.4, -0.2) is 32.8 Å². The summed E-state index contributed by atoms with van der Waals surface area (Å²) in [5.74, 6) is -0.0285. The summed E-state index contributed by atoms with van der Waals surface area (Å²) in [5.41, 5.74) is 1.51. The highest BCUT2D eigenvalue weighted by atomic mass is 16.5. The molecule has 0 fully saturated rings. The molecule has 0 spiro atoms. The molecule has 0 aliphatic rings. The van der Waals surface area contributed by atoms with E-state index in [1.807, 2.05) is 41.2 Å². The number of aromatic nitrogens is 4. The van der Waals surface area contributed by atoms with Gasteiger partial charge in [-0.3, -0.25) is 10.1 Å². The maximum atomic E-state index is 12.1. The van der Waals surface area contributed by atoms with Crippen molar-refractivity contribution >= 4 is 11.9 Å². The van der Waals surface area contributed by atoms with E-state index in [4.69, 9.17) is 4.74 Å². The summed E-state index contributed by atoms with van der Waals surface area (Å²) in [6, 6.07) is 11.3. The molecule has 2 aromatic heterocycles. The Kier molecular flexibility index (Phi) is 3.38. The number of carbonyl (C=O) groups excluding carboxylic acids is 1. The van der Waals surface area contributed by atoms with E-state index in [1.165, 1.54) is 7.11 Å². The number of ether oxygens (including phenoxy) is 1. The van der Waals surface area contributed by atoms with Crippen molar-refractivity contribution in [3.8, 4) is 11.7 Å². The molecule has 0 aliphatic heterocycles. The molecule has 21 heavy (non-hydrogen) atoms. The summed E-state index contributed by atoms with van der Waals surface area (Å²) < 4.78 is 6.79. The summed E-state index contributed by atoms with van der Waals surface area (Å²) in [4.78, 5) is 16.0. The molecule has 2 heterocycles. The van der Waals surface area contributed by atoms with Crippen LogP contribution in [0.3, 0.4) is 0 Å². The lowest BCUT2D eigenvalue weighted by Gasteiger charge is -2.05. The van der Waals surface area contributed by atoms with Gasteiger partial charge in [-0.25, -0.2) is 5.10 Å². The first-order chi connectivity index (χ1) is 10.3. The quantitative estimate of drug-likeness (QED) is 0.765. The normalized spacial score (nSPS) is 10.3. The third-order valence-corrected chi connectivity index (χ3v) is 2.91. The fourth-order valence-electron chi connectivity index (χ4n) is 1.86. The van der Waals surface area contributed by atoms with E-state index in [1.54, 1.807) is 12.1 Å². The second-order valence-electron chi connectivity index (χ2n) is 4.26. The topological polar surface area (TPSA) is 84.8 Å². The van der Waals surface area contributed by atoms with E-state index in [0.717, 1.165) is 5.69 Å². The number of nitrogens with one attached hydrogen (secondary N) is 2. The first-order valence-corrected chi connectivity index (χ1v) is 6.27. The zero-order valence-electron chi connectivity index (χ0n) is 11.3. The Bertz CT molecular complexity index is 731. The summed E-state index contributed by atoms with van der Waals surface area (Å²) in [6.07, 6.45) is 3.88. The fraction of sp³-hybridized carbons (Fsp3) is 0.0714. The number of H-pyrrole nitrogens is 1. The first-order valence-electron chi connectivity index (χ1n) is 6.27. The number of nitrogens with zero attached hydrogens (tertiary/aromatic N) is 3. The molecule has 0 saturated heterocycles. The van der Waals surface area contributed by atoms with Gasteiger partial charge in [0.25, 0.3) is 5.91 Å². The van der Waals surface area contributed by atoms with Crippen molar-refractivity contribution in [2.75, 3.05) is 12.4 Å². The molecule has 0 bridgehead atoms. The maximum Gasteiger partial charge on any atom is 0.336 e. The molecule has 3 rings (SSSR count). The Balaban J connectivity index is 1.73. The van der Waals surface area contributed by atoms with Crippen LogP contribution in [0.25, 0.3) is 5.69 Å². The zero-order chi connectivity index (χ0) is 14.7. The van der Waals surface area contributed by atoms with Crippen molar-refractivity contribution < 1.29 is 9.53 Å². The molecule has 1 amide bonds. The van der Waals surface area contributed by atoms with Crippen LogP contribution in [-0.2, 0) is 0 Å². The number of amides is 1. The smallest absolute Gasteiger partial charge is 0.336 e. The SMILES string of the molecule is COc1n[nH]c(NC(=O)c2ccc(-n3cccc3)cc2)n1. The zero-order valence-corrected chi connectivity index (χ0v) is 11.3. The Morgan fingerprint density at radius 1 is 1.24 bits per heavy atom. The molecule has 0 atom stereocenters. The monoisotopic (exact) mass is 283 g/mol. The standard InChI is InChI=1S/C14H13N5O2/c1-21-14-16-13(17-18-14)15-12(20)10-4-6-11(7-5-10)19-8-2-3-9-19/h2-9H,1H3,(H2,15,16,17,18,20). The molecular formula is C14H13N5O2. The predicted molar refractivity (Wildman–Crippen MR) is 76.7 cm³/mol. The van der Waals surface area contributed by atoms with Crippen molar-refractivity contribution in [1.29, 1.82) is 0 Å². The lowest BCUT2D eigenvalue weighted by Crippen LogP contribution is -2.13. The highest BCUT2D eigenvalue weighted by molar-refractivity contribution is 6.03. The van der Waals surface area contributed by atoms with E-state index >= 15 is 0 Å². The van der Waals surface area contributed by atoms with Crippen molar-refractivity contribution in [3.05, 3.63) is 54.4 Å². The Morgan fingerprint density at radius 3 is 2.57 bits per heavy atom. The lowest BCUT2D eigenvalue weighted by molar-refractivity contribution is 0.102. The van der Waals surface area contributed by atoms with E-state index in [-0.39, 0.29) is 17.9 Å². The number of hydrogen-bond acceptors (Lipinski definition) is 4. The molecule has 0 saturated carbocycles. The lowest BCUT2D eigenvalue weighted by atomic mass is 10.2. The van der Waals surface area contributed by atoms with Gasteiger partial charge in [-0.2, -0.15) is 4.98 Å². The molecular weight excluding hydrogens is 270 g/mol. The average Bonchev–Trinajstić information content (AvgIpc) is 3.19. The minimum absolute atomic E-state index is 0.174. The van der Waals surface area contributed by atoms with Crippen LogP contribution >= 0.6 is 0 Å². The van der Waals surface area contributed by atoms with Gasteiger partial charge in [-0.05, 0) is 36.4 Å². The van der Waals surface area contributed by atoms with Crippen LogP contribution in [0.2, 0.25) is 0 Å². The molecule has 7 heteroatoms. The molecule has 0 unspecified atom stereocenters. The fourth-order valence-corrected chi connectivity index (χ4v) is 1.86. The molecule has 7 nitrogen and oxygen atoms in total. The number of carbonyl (C=O) groups is 1. The van der Waals surface area contributed by atoms with E-state index in [2.05, 4.69) is 20.5 Å². The number of anilines is 1. The minimum Gasteiger partial charge on any atom is -0.466 e. The van der Waals surface area contributed by atoms with Gasteiger partial charge in [0, 0.05) is 23.6 Å². The van der Waals surface area contributed by atoms with Crippen LogP contribution < -0.4 is 10.1 Å². The van der Waals surface area contributed by atoms with Crippen molar-refractivity contribution in [2.24, 2.45) is 0 Å². The van der Waals surface area contributed by atoms with Crippen LogP contribution in [0.5, 0.6) is 6.01 Å². The number of hydrogen-bond donors (Lipinski definition) is 2. The highest BCUT2D eigenvalue weighted by Gasteiger charge is 2.09. The Hall–Kier alpha value is -3.09. The number of aromatic amines is 1. The summed E-state index contributed by atoms with van der Waals surface area (Å²) in [7, 11) is 1.45. The van der Waals surface area contributed by atoms with Crippen LogP contribution in [0.1, 0.15) is 10.4 Å². The van der Waals surface area contributed by atoms with Gasteiger partial charge in [0.15, 0.2) is 0 Å². The van der Waals surface area contributed by atoms with Gasteiger partial charge in [0.1, 0.15) is 0 Å². The van der Waals surface area contributed by atoms with Crippen molar-refractivity contribution in [3.63, 3.8) is 0 Å². The Morgan fingerprint density at radius 2 is 1.95 bits per heavy atom.